The van der Waals surface area contributed by atoms with Gasteiger partial charge in [-0.1, -0.05) is 0 Å². The number of rotatable bonds is 2. The Hall–Kier alpha value is -1.69. The molecule has 6 heteroatoms. The molecule has 2 heterocycles. The first kappa shape index (κ1) is 17.1. The number of likely N-dealkylation sites (tertiary alicyclic amines) is 1. The van der Waals surface area contributed by atoms with Gasteiger partial charge in [0.1, 0.15) is 11.6 Å². The maximum Gasteiger partial charge on any atom is 0.227 e. The lowest BCUT2D eigenvalue weighted by atomic mass is 10.3. The molecule has 0 N–H and O–H groups in total. The first-order valence-corrected chi connectivity index (χ1v) is 9.68. The van der Waals surface area contributed by atoms with Crippen molar-refractivity contribution in [3.8, 4) is 5.75 Å². The summed E-state index contributed by atoms with van der Waals surface area (Å²) in [6, 6.07) is 8.37. The molecule has 0 aliphatic carbocycles. The van der Waals surface area contributed by atoms with Gasteiger partial charge in [0.25, 0.3) is 0 Å². The number of benzene rings is 1. The molecule has 3 rings (SSSR count). The highest BCUT2D eigenvalue weighted by molar-refractivity contribution is 8.00. The topological polar surface area (TPSA) is 40.4 Å². The van der Waals surface area contributed by atoms with E-state index in [4.69, 9.17) is 14.7 Å². The van der Waals surface area contributed by atoms with Crippen molar-refractivity contribution in [3.05, 3.63) is 24.3 Å². The second-order valence-corrected chi connectivity index (χ2v) is 7.34. The van der Waals surface area contributed by atoms with Crippen LogP contribution >= 0.6 is 11.8 Å². The predicted octanol–water partition coefficient (Wildman–Crippen LogP) is 3.24. The van der Waals surface area contributed by atoms with Crippen LogP contribution in [-0.2, 0) is 0 Å². The fourth-order valence-electron chi connectivity index (χ4n) is 2.87. The molecule has 1 atom stereocenters. The molecule has 0 spiro atoms. The Morgan fingerprint density at radius 3 is 2.58 bits per heavy atom. The SMILES string of the molecule is COc1ccc(N=C(N=C2CSCC(C)N2C)N2CCCC2)cc1. The van der Waals surface area contributed by atoms with Gasteiger partial charge in [-0.25, -0.2) is 4.99 Å². The van der Waals surface area contributed by atoms with Crippen LogP contribution in [0.15, 0.2) is 34.3 Å². The first-order chi connectivity index (χ1) is 11.7. The average molecular weight is 347 g/mol. The summed E-state index contributed by atoms with van der Waals surface area (Å²) in [5, 5.41) is 0. The van der Waals surface area contributed by atoms with Crippen LogP contribution in [0.4, 0.5) is 5.69 Å². The Bertz CT molecular complexity index is 608. The molecule has 0 bridgehead atoms. The van der Waals surface area contributed by atoms with Crippen molar-refractivity contribution in [1.29, 1.82) is 0 Å². The average Bonchev–Trinajstić information content (AvgIpc) is 3.13. The van der Waals surface area contributed by atoms with Gasteiger partial charge in [0.05, 0.1) is 18.6 Å². The fraction of sp³-hybridized carbons (Fsp3) is 0.556. The first-order valence-electron chi connectivity index (χ1n) is 8.53. The Balaban J connectivity index is 1.89. The van der Waals surface area contributed by atoms with Crippen molar-refractivity contribution in [2.75, 3.05) is 38.8 Å². The molecule has 2 aliphatic heterocycles. The Kier molecular flexibility index (Phi) is 5.66. The Morgan fingerprint density at radius 2 is 1.92 bits per heavy atom. The highest BCUT2D eigenvalue weighted by Gasteiger charge is 2.23. The summed E-state index contributed by atoms with van der Waals surface area (Å²) in [4.78, 5) is 14.4. The number of ether oxygens (including phenoxy) is 1. The third-order valence-corrected chi connectivity index (χ3v) is 5.76. The molecule has 0 radical (unpaired) electrons. The lowest BCUT2D eigenvalue weighted by molar-refractivity contribution is 0.414. The molecule has 5 nitrogen and oxygen atoms in total. The van der Waals surface area contributed by atoms with E-state index in [1.54, 1.807) is 7.11 Å². The van der Waals surface area contributed by atoms with Crippen molar-refractivity contribution in [1.82, 2.24) is 9.80 Å². The number of methoxy groups -OCH3 is 1. The largest absolute Gasteiger partial charge is 0.497 e. The maximum atomic E-state index is 5.23. The van der Waals surface area contributed by atoms with Crippen molar-refractivity contribution >= 4 is 29.2 Å². The summed E-state index contributed by atoms with van der Waals surface area (Å²) in [5.41, 5.74) is 0.918. The zero-order valence-electron chi connectivity index (χ0n) is 14.7. The Morgan fingerprint density at radius 1 is 1.21 bits per heavy atom. The minimum Gasteiger partial charge on any atom is -0.497 e. The van der Waals surface area contributed by atoms with E-state index in [0.29, 0.717) is 6.04 Å². The van der Waals surface area contributed by atoms with Crippen LogP contribution < -0.4 is 4.74 Å². The highest BCUT2D eigenvalue weighted by atomic mass is 32.2. The van der Waals surface area contributed by atoms with Crippen LogP contribution in [0.5, 0.6) is 5.75 Å². The molecule has 1 unspecified atom stereocenters. The standard InChI is InChI=1S/C18H26N4OS/c1-14-12-24-13-17(21(14)2)20-18(22-10-4-5-11-22)19-15-6-8-16(23-3)9-7-15/h6-9,14H,4-5,10-13H2,1-3H3. The summed E-state index contributed by atoms with van der Waals surface area (Å²) in [6.45, 7) is 4.33. The second kappa shape index (κ2) is 7.92. The second-order valence-electron chi connectivity index (χ2n) is 6.31. The number of amidine groups is 1. The van der Waals surface area contributed by atoms with Crippen molar-refractivity contribution < 1.29 is 4.74 Å². The number of aliphatic imine (C=N–C) groups is 2. The zero-order chi connectivity index (χ0) is 16.9. The summed E-state index contributed by atoms with van der Waals surface area (Å²) in [6.07, 6.45) is 2.43. The fourth-order valence-corrected chi connectivity index (χ4v) is 4.00. The molecule has 2 saturated heterocycles. The van der Waals surface area contributed by atoms with Crippen molar-refractivity contribution in [3.63, 3.8) is 0 Å². The molecular weight excluding hydrogens is 320 g/mol. The molecule has 0 aromatic heterocycles. The molecule has 24 heavy (non-hydrogen) atoms. The molecule has 0 amide bonds. The van der Waals surface area contributed by atoms with Crippen molar-refractivity contribution in [2.24, 2.45) is 9.98 Å². The van der Waals surface area contributed by atoms with E-state index in [-0.39, 0.29) is 0 Å². The van der Waals surface area contributed by atoms with E-state index in [9.17, 15) is 0 Å². The third-order valence-electron chi connectivity index (χ3n) is 4.58. The summed E-state index contributed by atoms with van der Waals surface area (Å²) in [5.74, 6) is 4.92. The van der Waals surface area contributed by atoms with Gasteiger partial charge < -0.3 is 14.5 Å². The van der Waals surface area contributed by atoms with E-state index < -0.39 is 0 Å². The number of nitrogens with zero attached hydrogens (tertiary/aromatic N) is 4. The van der Waals surface area contributed by atoms with E-state index in [1.807, 2.05) is 36.0 Å². The van der Waals surface area contributed by atoms with Crippen LogP contribution in [-0.4, -0.2) is 66.4 Å². The minimum atomic E-state index is 0.517. The number of hydrogen-bond donors (Lipinski definition) is 0. The molecule has 1 aromatic rings. The van der Waals surface area contributed by atoms with Crippen LogP contribution in [0, 0.1) is 0 Å². The smallest absolute Gasteiger partial charge is 0.227 e. The molecule has 1 aromatic carbocycles. The van der Waals surface area contributed by atoms with E-state index in [1.165, 1.54) is 12.8 Å². The lowest BCUT2D eigenvalue weighted by Gasteiger charge is -2.33. The van der Waals surface area contributed by atoms with Crippen molar-refractivity contribution in [2.45, 2.75) is 25.8 Å². The summed E-state index contributed by atoms with van der Waals surface area (Å²) >= 11 is 1.95. The molecular formula is C18H26N4OS. The third kappa shape index (κ3) is 4.04. The lowest BCUT2D eigenvalue weighted by Crippen LogP contribution is -2.43. The van der Waals surface area contributed by atoms with Crippen LogP contribution in [0.3, 0.4) is 0 Å². The highest BCUT2D eigenvalue weighted by Crippen LogP contribution is 2.21. The predicted molar refractivity (Wildman–Crippen MR) is 103 cm³/mol. The summed E-state index contributed by atoms with van der Waals surface area (Å²) < 4.78 is 5.23. The molecule has 0 saturated carbocycles. The van der Waals surface area contributed by atoms with E-state index >= 15 is 0 Å². The quantitative estimate of drug-likeness (QED) is 0.609. The molecule has 2 aliphatic rings. The number of hydrogen-bond acceptors (Lipinski definition) is 3. The normalized spacial score (nSPS) is 23.9. The monoisotopic (exact) mass is 346 g/mol. The van der Waals surface area contributed by atoms with Gasteiger partial charge in [0.2, 0.25) is 5.96 Å². The molecule has 2 fully saturated rings. The van der Waals surface area contributed by atoms with Gasteiger partial charge in [0.15, 0.2) is 0 Å². The number of guanidine groups is 1. The number of thioether (sulfide) groups is 1. The Labute approximate surface area is 148 Å². The van der Waals surface area contributed by atoms with Crippen LogP contribution in [0.2, 0.25) is 0 Å². The van der Waals surface area contributed by atoms with Gasteiger partial charge in [-0.2, -0.15) is 16.8 Å². The van der Waals surface area contributed by atoms with Crippen LogP contribution in [0.1, 0.15) is 19.8 Å². The molecule has 130 valence electrons. The van der Waals surface area contributed by atoms with Gasteiger partial charge in [0, 0.05) is 31.9 Å². The van der Waals surface area contributed by atoms with Crippen LogP contribution in [0.25, 0.3) is 0 Å². The van der Waals surface area contributed by atoms with Gasteiger partial charge >= 0.3 is 0 Å². The van der Waals surface area contributed by atoms with E-state index in [2.05, 4.69) is 23.8 Å². The zero-order valence-corrected chi connectivity index (χ0v) is 15.6. The maximum absolute atomic E-state index is 5.23. The van der Waals surface area contributed by atoms with Gasteiger partial charge in [-0.05, 0) is 44.0 Å². The summed E-state index contributed by atoms with van der Waals surface area (Å²) in [7, 11) is 3.82. The van der Waals surface area contributed by atoms with Gasteiger partial charge in [-0.3, -0.25) is 0 Å². The minimum absolute atomic E-state index is 0.517. The van der Waals surface area contributed by atoms with Gasteiger partial charge in [-0.15, -0.1) is 0 Å². The van der Waals surface area contributed by atoms with E-state index in [0.717, 1.165) is 47.8 Å².